The van der Waals surface area contributed by atoms with E-state index in [9.17, 15) is 47.4 Å². The van der Waals surface area contributed by atoms with E-state index < -0.39 is 29.8 Å². The van der Waals surface area contributed by atoms with Crippen molar-refractivity contribution in [1.29, 1.82) is 0 Å². The predicted molar refractivity (Wildman–Crippen MR) is 511 cm³/mol. The van der Waals surface area contributed by atoms with Crippen LogP contribution < -0.4 is 9.47 Å². The van der Waals surface area contributed by atoms with Gasteiger partial charge in [0.25, 0.3) is 0 Å². The Bertz CT molecular complexity index is 8020. The second-order valence-corrected chi connectivity index (χ2v) is 32.6. The molecule has 35 heteroatoms. The minimum absolute atomic E-state index is 0.0138. The molecule has 0 saturated carbocycles. The molecule has 682 valence electrons. The Labute approximate surface area is 800 Å². The fourth-order valence-electron chi connectivity index (χ4n) is 15.2. The van der Waals surface area contributed by atoms with Crippen LogP contribution in [0.2, 0.25) is 25.1 Å². The fraction of sp³-hybridized carbons (Fsp3) is 0.0686. The van der Waals surface area contributed by atoms with Gasteiger partial charge < -0.3 is 35.0 Å². The first-order chi connectivity index (χ1) is 66.1. The Morgan fingerprint density at radius 2 is 0.555 bits per heavy atom. The Balaban J connectivity index is 0.000000124. The number of fused-ring (bicyclic) bond motifs is 5. The van der Waals surface area contributed by atoms with Gasteiger partial charge in [0.2, 0.25) is 0 Å². The molecule has 5 aromatic carbocycles. The third kappa shape index (κ3) is 22.1. The first-order valence-corrected chi connectivity index (χ1v) is 43.4. The molecule has 0 unspecified atom stereocenters. The molecule has 0 radical (unpaired) electrons. The highest BCUT2D eigenvalue weighted by Gasteiger charge is 2.25. The average Bonchev–Trinajstić information content (AvgIpc) is 1.63. The SMILES string of the molecule is COc1ccc(-c2nn3cc(Cl)ccc3c2Cc2cccc(C(=O)O)n2)cc1.COc1cccc(-c2nn3cc(Cl)ccc3c2Cc2cccc(C(=O)O)n2)c1.O=C(O)c1cccc(Cc2c(-c3ccc(F)cc3)nn3cc(Cl)ccc23)n1.O=C(O)c1cccc(Cc2c(-c3cccc(F)c3)nn3cc(Cl)ccc23)n1.O=C(O)c1cccc(Cc2c(-c3ccccc3F)nn3cc(Cl)ccc23)n1. The van der Waals surface area contributed by atoms with E-state index in [1.807, 2.05) is 78.9 Å². The van der Waals surface area contributed by atoms with Crippen molar-refractivity contribution >= 4 is 115 Å². The largest absolute Gasteiger partial charge is 0.497 e. The zero-order valence-electron chi connectivity index (χ0n) is 71.7. The van der Waals surface area contributed by atoms with Crippen molar-refractivity contribution in [1.82, 2.24) is 73.0 Å². The summed E-state index contributed by atoms with van der Waals surface area (Å²) < 4.78 is 60.4. The second kappa shape index (κ2) is 41.7. The first kappa shape index (κ1) is 93.7. The number of halogens is 8. The first-order valence-electron chi connectivity index (χ1n) is 41.5. The maximum atomic E-state index is 14.4. The molecule has 0 atom stereocenters. The summed E-state index contributed by atoms with van der Waals surface area (Å²) in [7, 11) is 3.24. The lowest BCUT2D eigenvalue weighted by Gasteiger charge is -2.06. The van der Waals surface area contributed by atoms with Crippen LogP contribution in [0.4, 0.5) is 13.2 Å². The topological polar surface area (TPSA) is 356 Å². The van der Waals surface area contributed by atoms with E-state index in [1.165, 1.54) is 60.7 Å². The summed E-state index contributed by atoms with van der Waals surface area (Å²) >= 11 is 30.5. The van der Waals surface area contributed by atoms with Gasteiger partial charge in [0.1, 0.15) is 57.4 Å². The molecule has 27 nitrogen and oxygen atoms in total. The molecule has 15 aromatic heterocycles. The van der Waals surface area contributed by atoms with Gasteiger partial charge in [0.05, 0.1) is 95.4 Å². The number of carboxylic acid groups (broad SMARTS) is 5. The van der Waals surface area contributed by atoms with Gasteiger partial charge in [-0.05, 0) is 206 Å². The summed E-state index contributed by atoms with van der Waals surface area (Å²) in [5.41, 5.74) is 18.2. The summed E-state index contributed by atoms with van der Waals surface area (Å²) in [5.74, 6) is -4.97. The Morgan fingerprint density at radius 3 is 0.861 bits per heavy atom. The van der Waals surface area contributed by atoms with E-state index in [0.29, 0.717) is 114 Å². The van der Waals surface area contributed by atoms with Crippen LogP contribution >= 0.6 is 58.0 Å². The quantitative estimate of drug-likeness (QED) is 0.0421. The molecule has 0 fully saturated rings. The standard InChI is InChI=1S/2C21H16ClN3O3.3C20H13ClFN3O2/c1-28-16-6-2-4-13(10-16)20-17(19-9-8-14(22)12-25(19)24-20)11-15-5-3-7-18(23-15)21(26)27;1-28-16-8-5-13(6-9-16)20-17(19-10-7-14(22)12-25(19)24-20)11-15-3-2-4-18(23-15)21(26)27;21-13-7-8-18-16(10-15-5-2-6-17(23-15)20(26)27)19(24-25(18)11-13)12-3-1-4-14(22)9-12;21-12-8-9-18-15(10-13-4-3-7-17(23-13)20(26)27)19(24-25(18)11-12)14-5-1-2-6-16(14)22;21-13-6-9-18-16(10-15-2-1-3-17(23-15)20(26)27)19(24-25(18)11-13)12-4-7-14(22)8-5-12/h2*2-10,12H,11H2,1H3,(H,26,27);3*1-9,11H,10H2,(H,26,27). The summed E-state index contributed by atoms with van der Waals surface area (Å²) in [6.45, 7) is 0. The van der Waals surface area contributed by atoms with Crippen molar-refractivity contribution in [3.8, 4) is 67.8 Å². The second-order valence-electron chi connectivity index (χ2n) is 30.5. The third-order valence-electron chi connectivity index (χ3n) is 21.4. The lowest BCUT2D eigenvalue weighted by atomic mass is 10.0. The van der Waals surface area contributed by atoms with Crippen LogP contribution in [0.5, 0.6) is 11.5 Å². The van der Waals surface area contributed by atoms with Gasteiger partial charge in [-0.1, -0.05) is 125 Å². The highest BCUT2D eigenvalue weighted by molar-refractivity contribution is 6.32. The monoisotopic (exact) mass is 1930 g/mol. The number of nitrogens with zero attached hydrogens (tertiary/aromatic N) is 15. The van der Waals surface area contributed by atoms with E-state index in [4.69, 9.17) is 93.0 Å². The van der Waals surface area contributed by atoms with Gasteiger partial charge in [-0.2, -0.15) is 25.5 Å². The number of aromatic carboxylic acids is 5. The number of carbonyl (C=O) groups is 5. The van der Waals surface area contributed by atoms with E-state index in [2.05, 4.69) is 40.2 Å². The minimum Gasteiger partial charge on any atom is -0.497 e. The van der Waals surface area contributed by atoms with Crippen LogP contribution in [0, 0.1) is 17.5 Å². The number of carboxylic acids is 5. The molecule has 5 N–H and O–H groups in total. The van der Waals surface area contributed by atoms with Gasteiger partial charge in [0.15, 0.2) is 0 Å². The van der Waals surface area contributed by atoms with Gasteiger partial charge in [-0.3, -0.25) is 0 Å². The third-order valence-corrected chi connectivity index (χ3v) is 22.6. The molecule has 0 aliphatic rings. The molecule has 0 saturated heterocycles. The van der Waals surface area contributed by atoms with Gasteiger partial charge in [-0.15, -0.1) is 0 Å². The maximum Gasteiger partial charge on any atom is 0.354 e. The number of rotatable bonds is 22. The van der Waals surface area contributed by atoms with Crippen molar-refractivity contribution in [3.05, 3.63) is 431 Å². The van der Waals surface area contributed by atoms with Gasteiger partial charge in [-0.25, -0.2) is 84.6 Å². The van der Waals surface area contributed by atoms with Crippen LogP contribution in [0.15, 0.2) is 304 Å². The number of benzene rings is 5. The number of pyridine rings is 10. The van der Waals surface area contributed by atoms with Crippen LogP contribution in [-0.4, -0.2) is 143 Å². The highest BCUT2D eigenvalue weighted by atomic mass is 35.5. The lowest BCUT2D eigenvalue weighted by Crippen LogP contribution is -2.03. The Kier molecular flexibility index (Phi) is 28.5. The number of methoxy groups -OCH3 is 2. The molecular weight excluding hydrogens is 1860 g/mol. The van der Waals surface area contributed by atoms with E-state index in [0.717, 1.165) is 95.0 Å². The molecule has 20 aromatic rings. The summed E-state index contributed by atoms with van der Waals surface area (Å²) in [4.78, 5) is 77.2. The molecule has 0 amide bonds. The molecule has 0 aliphatic heterocycles. The molecule has 0 aliphatic carbocycles. The van der Waals surface area contributed by atoms with Crippen molar-refractivity contribution in [2.45, 2.75) is 32.1 Å². The molecule has 20 rings (SSSR count). The predicted octanol–water partition coefficient (Wildman–Crippen LogP) is 22.1. The van der Waals surface area contributed by atoms with Crippen LogP contribution in [0.25, 0.3) is 83.9 Å². The van der Waals surface area contributed by atoms with E-state index >= 15 is 0 Å². The normalized spacial score (nSPS) is 11.0. The maximum absolute atomic E-state index is 14.4. The van der Waals surface area contributed by atoms with Crippen LogP contribution in [-0.2, 0) is 32.1 Å². The van der Waals surface area contributed by atoms with Crippen LogP contribution in [0.3, 0.4) is 0 Å². The van der Waals surface area contributed by atoms with E-state index in [-0.39, 0.29) is 45.9 Å². The number of aromatic nitrogens is 15. The van der Waals surface area contributed by atoms with Crippen molar-refractivity contribution in [2.24, 2.45) is 0 Å². The Hall–Kier alpha value is -16.5. The zero-order valence-corrected chi connectivity index (χ0v) is 75.5. The van der Waals surface area contributed by atoms with Gasteiger partial charge >= 0.3 is 29.8 Å². The summed E-state index contributed by atoms with van der Waals surface area (Å²) in [6, 6.07) is 76.5. The average molecular weight is 1930 g/mol. The van der Waals surface area contributed by atoms with Crippen molar-refractivity contribution in [3.63, 3.8) is 0 Å². The van der Waals surface area contributed by atoms with Gasteiger partial charge in [0, 0.05) is 147 Å². The number of hydrogen-bond acceptors (Lipinski definition) is 17. The zero-order chi connectivity index (χ0) is 96.2. The molecule has 0 spiro atoms. The fourth-order valence-corrected chi connectivity index (χ4v) is 16.0. The summed E-state index contributed by atoms with van der Waals surface area (Å²) in [6.07, 6.45) is 10.4. The molecular formula is C102H71Cl5F3N15O12. The molecule has 15 heterocycles. The smallest absolute Gasteiger partial charge is 0.354 e. The number of ether oxygens (including phenoxy) is 2. The summed E-state index contributed by atoms with van der Waals surface area (Å²) in [5, 5.41) is 71.7. The Morgan fingerprint density at radius 1 is 0.277 bits per heavy atom. The number of hydrogen-bond donors (Lipinski definition) is 5. The lowest BCUT2D eigenvalue weighted by molar-refractivity contribution is 0.0679. The highest BCUT2D eigenvalue weighted by Crippen LogP contribution is 2.38. The minimum atomic E-state index is -1.10. The van der Waals surface area contributed by atoms with Crippen molar-refractivity contribution < 1.29 is 72.2 Å². The molecule has 0 bridgehead atoms. The van der Waals surface area contributed by atoms with Crippen LogP contribution in [0.1, 0.15) is 109 Å². The molecule has 137 heavy (non-hydrogen) atoms. The van der Waals surface area contributed by atoms with Crippen molar-refractivity contribution in [2.75, 3.05) is 14.2 Å². The van der Waals surface area contributed by atoms with E-state index in [1.54, 1.807) is 201 Å².